The molecule has 0 bridgehead atoms. The molecule has 0 spiro atoms. The maximum atomic E-state index is 9.09. The number of aliphatic hydroxyl groups is 1. The molecule has 2 N–H and O–H groups in total. The van der Waals surface area contributed by atoms with Gasteiger partial charge in [-0.05, 0) is 31.0 Å². The van der Waals surface area contributed by atoms with Gasteiger partial charge in [0, 0.05) is 36.7 Å². The Morgan fingerprint density at radius 2 is 1.84 bits per heavy atom. The van der Waals surface area contributed by atoms with Crippen LogP contribution in [0.3, 0.4) is 0 Å². The van der Waals surface area contributed by atoms with E-state index in [4.69, 9.17) is 5.11 Å². The molecule has 0 aliphatic heterocycles. The lowest BCUT2D eigenvalue weighted by Gasteiger charge is -2.08. The fraction of sp³-hybridized carbons (Fsp3) is 0.368. The summed E-state index contributed by atoms with van der Waals surface area (Å²) in [6.45, 7) is 7.11. The fourth-order valence-corrected chi connectivity index (χ4v) is 2.98. The molecule has 0 saturated carbocycles. The zero-order valence-corrected chi connectivity index (χ0v) is 14.8. The number of benzene rings is 1. The lowest BCUT2D eigenvalue weighted by atomic mass is 10.1. The summed E-state index contributed by atoms with van der Waals surface area (Å²) >= 11 is 0. The van der Waals surface area contributed by atoms with Crippen molar-refractivity contribution in [2.75, 3.05) is 6.61 Å². The Kier molecular flexibility index (Phi) is 5.63. The third kappa shape index (κ3) is 4.35. The van der Waals surface area contributed by atoms with Crippen molar-refractivity contribution in [3.63, 3.8) is 0 Å². The molecule has 0 aliphatic carbocycles. The molecule has 6 heteroatoms. The van der Waals surface area contributed by atoms with Crippen molar-refractivity contribution in [2.45, 2.75) is 40.0 Å². The summed E-state index contributed by atoms with van der Waals surface area (Å²) in [4.78, 5) is 0. The highest BCUT2D eigenvalue weighted by Crippen LogP contribution is 2.13. The number of nitrogens with one attached hydrogen (secondary N) is 1. The highest BCUT2D eigenvalue weighted by atomic mass is 16.3. The minimum absolute atomic E-state index is 0.111. The van der Waals surface area contributed by atoms with E-state index in [2.05, 4.69) is 46.7 Å². The predicted octanol–water partition coefficient (Wildman–Crippen LogP) is 2.03. The second kappa shape index (κ2) is 8.09. The fourth-order valence-electron chi connectivity index (χ4n) is 2.98. The van der Waals surface area contributed by atoms with Gasteiger partial charge in [-0.1, -0.05) is 24.3 Å². The van der Waals surface area contributed by atoms with E-state index in [1.165, 1.54) is 16.7 Å². The molecular weight excluding hydrogens is 314 g/mol. The summed E-state index contributed by atoms with van der Waals surface area (Å²) in [5, 5.41) is 21.3. The van der Waals surface area contributed by atoms with E-state index in [1.807, 2.05) is 28.6 Å². The molecule has 0 aliphatic rings. The van der Waals surface area contributed by atoms with Crippen LogP contribution in [0.4, 0.5) is 0 Å². The number of hydrogen-bond donors (Lipinski definition) is 2. The van der Waals surface area contributed by atoms with Crippen molar-refractivity contribution in [3.8, 4) is 0 Å². The minimum atomic E-state index is 0.111. The molecule has 3 aromatic rings. The molecule has 2 aromatic heterocycles. The molecule has 0 fully saturated rings. The van der Waals surface area contributed by atoms with Gasteiger partial charge in [-0.25, -0.2) is 0 Å². The van der Waals surface area contributed by atoms with Gasteiger partial charge in [0.15, 0.2) is 0 Å². The highest BCUT2D eigenvalue weighted by molar-refractivity contribution is 5.25. The van der Waals surface area contributed by atoms with Crippen LogP contribution >= 0.6 is 0 Å². The molecule has 0 saturated heterocycles. The number of nitrogens with zero attached hydrogens (tertiary/aromatic N) is 4. The molecule has 0 amide bonds. The standard InChI is InChI=1S/C19H25N5O/c1-15-19(16(2)24(22-15)10-11-25)13-20-12-17-4-6-18(7-5-17)14-23-9-3-8-21-23/h3-9,20,25H,10-14H2,1-2H3. The monoisotopic (exact) mass is 339 g/mol. The van der Waals surface area contributed by atoms with E-state index in [0.717, 1.165) is 31.0 Å². The molecule has 3 rings (SSSR count). The first-order valence-electron chi connectivity index (χ1n) is 8.57. The molecule has 6 nitrogen and oxygen atoms in total. The quantitative estimate of drug-likeness (QED) is 0.659. The van der Waals surface area contributed by atoms with E-state index in [9.17, 15) is 0 Å². The van der Waals surface area contributed by atoms with E-state index in [1.54, 1.807) is 6.20 Å². The van der Waals surface area contributed by atoms with Crippen LogP contribution in [-0.4, -0.2) is 31.3 Å². The molecule has 0 atom stereocenters. The van der Waals surface area contributed by atoms with Crippen molar-refractivity contribution in [3.05, 3.63) is 70.8 Å². The van der Waals surface area contributed by atoms with Crippen LogP contribution in [0.15, 0.2) is 42.7 Å². The maximum Gasteiger partial charge on any atom is 0.0659 e. The Hall–Kier alpha value is -2.44. The van der Waals surface area contributed by atoms with Crippen LogP contribution in [0.5, 0.6) is 0 Å². The second-order valence-corrected chi connectivity index (χ2v) is 6.22. The topological polar surface area (TPSA) is 67.9 Å². The van der Waals surface area contributed by atoms with Gasteiger partial charge in [0.1, 0.15) is 0 Å². The van der Waals surface area contributed by atoms with Crippen molar-refractivity contribution < 1.29 is 5.11 Å². The summed E-state index contributed by atoms with van der Waals surface area (Å²) < 4.78 is 3.79. The third-order valence-electron chi connectivity index (χ3n) is 4.40. The molecule has 25 heavy (non-hydrogen) atoms. The average molecular weight is 339 g/mol. The zero-order chi connectivity index (χ0) is 17.6. The first kappa shape index (κ1) is 17.4. The third-order valence-corrected chi connectivity index (χ3v) is 4.40. The molecule has 1 aromatic carbocycles. The Labute approximate surface area is 148 Å². The van der Waals surface area contributed by atoms with E-state index in [-0.39, 0.29) is 6.61 Å². The van der Waals surface area contributed by atoms with Gasteiger partial charge < -0.3 is 10.4 Å². The number of aromatic nitrogens is 4. The van der Waals surface area contributed by atoms with Gasteiger partial charge in [0.05, 0.1) is 25.4 Å². The normalized spacial score (nSPS) is 11.2. The Balaban J connectivity index is 1.54. The van der Waals surface area contributed by atoms with Gasteiger partial charge in [-0.3, -0.25) is 9.36 Å². The van der Waals surface area contributed by atoms with Gasteiger partial charge in [-0.2, -0.15) is 10.2 Å². The summed E-state index contributed by atoms with van der Waals surface area (Å²) in [5.41, 5.74) is 5.84. The number of hydrogen-bond acceptors (Lipinski definition) is 4. The Morgan fingerprint density at radius 3 is 2.52 bits per heavy atom. The van der Waals surface area contributed by atoms with Gasteiger partial charge in [0.2, 0.25) is 0 Å². The van der Waals surface area contributed by atoms with Gasteiger partial charge in [-0.15, -0.1) is 0 Å². The lowest BCUT2D eigenvalue weighted by Crippen LogP contribution is -2.14. The maximum absolute atomic E-state index is 9.09. The molecule has 0 radical (unpaired) electrons. The van der Waals surface area contributed by atoms with Crippen LogP contribution in [0.25, 0.3) is 0 Å². The summed E-state index contributed by atoms with van der Waals surface area (Å²) in [7, 11) is 0. The highest BCUT2D eigenvalue weighted by Gasteiger charge is 2.10. The Bertz CT molecular complexity index is 790. The van der Waals surface area contributed by atoms with Crippen LogP contribution in [0, 0.1) is 13.8 Å². The average Bonchev–Trinajstić information content (AvgIpc) is 3.20. The van der Waals surface area contributed by atoms with Crippen molar-refractivity contribution in [2.24, 2.45) is 0 Å². The van der Waals surface area contributed by atoms with Crippen LogP contribution in [0.1, 0.15) is 28.1 Å². The van der Waals surface area contributed by atoms with Crippen molar-refractivity contribution in [1.29, 1.82) is 0 Å². The van der Waals surface area contributed by atoms with Gasteiger partial charge >= 0.3 is 0 Å². The zero-order valence-electron chi connectivity index (χ0n) is 14.8. The SMILES string of the molecule is Cc1nn(CCO)c(C)c1CNCc1ccc(Cn2cccn2)cc1. The van der Waals surface area contributed by atoms with Crippen molar-refractivity contribution in [1.82, 2.24) is 24.9 Å². The predicted molar refractivity (Wildman–Crippen MR) is 97.1 cm³/mol. The summed E-state index contributed by atoms with van der Waals surface area (Å²) in [5.74, 6) is 0. The van der Waals surface area contributed by atoms with Crippen LogP contribution in [0.2, 0.25) is 0 Å². The lowest BCUT2D eigenvalue weighted by molar-refractivity contribution is 0.267. The first-order chi connectivity index (χ1) is 12.2. The second-order valence-electron chi connectivity index (χ2n) is 6.22. The molecule has 2 heterocycles. The molecular formula is C19H25N5O. The van der Waals surface area contributed by atoms with Gasteiger partial charge in [0.25, 0.3) is 0 Å². The number of aryl methyl sites for hydroxylation is 1. The number of rotatable bonds is 8. The first-order valence-corrected chi connectivity index (χ1v) is 8.57. The van der Waals surface area contributed by atoms with Crippen LogP contribution < -0.4 is 5.32 Å². The Morgan fingerprint density at radius 1 is 1.08 bits per heavy atom. The van der Waals surface area contributed by atoms with E-state index in [0.29, 0.717) is 6.54 Å². The number of aliphatic hydroxyl groups excluding tert-OH is 1. The van der Waals surface area contributed by atoms with E-state index < -0.39 is 0 Å². The summed E-state index contributed by atoms with van der Waals surface area (Å²) in [6.07, 6.45) is 3.77. The minimum Gasteiger partial charge on any atom is -0.394 e. The smallest absolute Gasteiger partial charge is 0.0659 e. The van der Waals surface area contributed by atoms with Crippen molar-refractivity contribution >= 4 is 0 Å². The largest absolute Gasteiger partial charge is 0.394 e. The molecule has 132 valence electrons. The van der Waals surface area contributed by atoms with Crippen LogP contribution in [-0.2, 0) is 26.2 Å². The van der Waals surface area contributed by atoms with E-state index >= 15 is 0 Å². The molecule has 0 unspecified atom stereocenters. The summed E-state index contributed by atoms with van der Waals surface area (Å²) in [6, 6.07) is 10.5.